The van der Waals surface area contributed by atoms with Crippen LogP contribution in [0.3, 0.4) is 0 Å². The second-order valence-corrected chi connectivity index (χ2v) is 7.26. The number of halogens is 6. The summed E-state index contributed by atoms with van der Waals surface area (Å²) >= 11 is 0. The minimum absolute atomic E-state index is 0.0214. The normalized spacial score (nSPS) is 12.1. The lowest BCUT2D eigenvalue weighted by molar-refractivity contribution is -0.138. The summed E-state index contributed by atoms with van der Waals surface area (Å²) in [6.45, 7) is 0. The number of nitriles is 1. The van der Waals surface area contributed by atoms with Crippen molar-refractivity contribution in [3.63, 3.8) is 0 Å². The van der Waals surface area contributed by atoms with Crippen LogP contribution in [-0.4, -0.2) is 11.7 Å². The zero-order valence-corrected chi connectivity index (χ0v) is 17.7. The molecule has 0 saturated carbocycles. The Morgan fingerprint density at radius 1 is 0.857 bits per heavy atom. The van der Waals surface area contributed by atoms with Crippen LogP contribution < -0.4 is 10.7 Å². The third-order valence-electron chi connectivity index (χ3n) is 4.74. The van der Waals surface area contributed by atoms with Crippen LogP contribution in [0.4, 0.5) is 36.8 Å². The van der Waals surface area contributed by atoms with Crippen LogP contribution in [0.2, 0.25) is 0 Å². The van der Waals surface area contributed by atoms with Gasteiger partial charge in [0.05, 0.1) is 28.5 Å². The van der Waals surface area contributed by atoms with Gasteiger partial charge in [-0.25, -0.2) is 10.2 Å². The SMILES string of the molecule is N#Cc1ccc(C/C(=N\NC(=O)Nc2ccc(C(F)(F)F)cc2)c2cccc(C(F)(F)F)c2)cc1. The van der Waals surface area contributed by atoms with Crippen molar-refractivity contribution in [3.8, 4) is 6.07 Å². The molecule has 0 aliphatic carbocycles. The highest BCUT2D eigenvalue weighted by Gasteiger charge is 2.31. The number of hydrazone groups is 1. The van der Waals surface area contributed by atoms with Gasteiger partial charge in [-0.2, -0.15) is 36.7 Å². The van der Waals surface area contributed by atoms with Crippen LogP contribution in [0.25, 0.3) is 0 Å². The Bertz CT molecular complexity index is 1260. The molecule has 2 N–H and O–H groups in total. The number of anilines is 1. The fraction of sp³-hybridized carbons (Fsp3) is 0.125. The van der Waals surface area contributed by atoms with Gasteiger partial charge in [-0.1, -0.05) is 24.3 Å². The van der Waals surface area contributed by atoms with Crippen molar-refractivity contribution >= 4 is 17.4 Å². The predicted molar refractivity (Wildman–Crippen MR) is 116 cm³/mol. The van der Waals surface area contributed by atoms with Crippen molar-refractivity contribution in [1.29, 1.82) is 5.26 Å². The molecule has 3 aromatic rings. The Labute approximate surface area is 195 Å². The highest BCUT2D eigenvalue weighted by atomic mass is 19.4. The Morgan fingerprint density at radius 2 is 1.49 bits per heavy atom. The van der Waals surface area contributed by atoms with Gasteiger partial charge < -0.3 is 5.32 Å². The fourth-order valence-corrected chi connectivity index (χ4v) is 2.99. The summed E-state index contributed by atoms with van der Waals surface area (Å²) in [6, 6.07) is 15.4. The summed E-state index contributed by atoms with van der Waals surface area (Å²) in [5.74, 6) is 0. The summed E-state index contributed by atoms with van der Waals surface area (Å²) in [5.41, 5.74) is 1.60. The van der Waals surface area contributed by atoms with Gasteiger partial charge in [0.15, 0.2) is 0 Å². The van der Waals surface area contributed by atoms with Crippen molar-refractivity contribution in [2.45, 2.75) is 18.8 Å². The van der Waals surface area contributed by atoms with Crippen molar-refractivity contribution in [3.05, 3.63) is 101 Å². The van der Waals surface area contributed by atoms with Gasteiger partial charge in [-0.15, -0.1) is 0 Å². The number of rotatable bonds is 5. The molecule has 11 heteroatoms. The van der Waals surface area contributed by atoms with Gasteiger partial charge in [0.1, 0.15) is 0 Å². The summed E-state index contributed by atoms with van der Waals surface area (Å²) in [7, 11) is 0. The smallest absolute Gasteiger partial charge is 0.307 e. The number of nitrogens with one attached hydrogen (secondary N) is 2. The maximum atomic E-state index is 13.2. The molecule has 0 spiro atoms. The van der Waals surface area contributed by atoms with Crippen LogP contribution in [0, 0.1) is 11.3 Å². The topological polar surface area (TPSA) is 77.3 Å². The second-order valence-electron chi connectivity index (χ2n) is 7.26. The van der Waals surface area contributed by atoms with Crippen LogP contribution in [0.15, 0.2) is 77.9 Å². The van der Waals surface area contributed by atoms with Crippen LogP contribution in [-0.2, 0) is 18.8 Å². The fourth-order valence-electron chi connectivity index (χ4n) is 2.99. The molecule has 0 aromatic heterocycles. The molecule has 5 nitrogen and oxygen atoms in total. The first-order chi connectivity index (χ1) is 16.5. The molecule has 2 amide bonds. The van der Waals surface area contributed by atoms with Gasteiger partial charge >= 0.3 is 18.4 Å². The van der Waals surface area contributed by atoms with E-state index in [1.165, 1.54) is 24.3 Å². The Balaban J connectivity index is 1.83. The number of urea groups is 1. The molecule has 0 unspecified atom stereocenters. The molecule has 180 valence electrons. The summed E-state index contributed by atoms with van der Waals surface area (Å²) in [6.07, 6.45) is -9.10. The number of benzene rings is 3. The molecule has 0 aliphatic heterocycles. The highest BCUT2D eigenvalue weighted by Crippen LogP contribution is 2.30. The first-order valence-corrected chi connectivity index (χ1v) is 9.93. The van der Waals surface area contributed by atoms with E-state index in [4.69, 9.17) is 5.26 Å². The minimum Gasteiger partial charge on any atom is -0.307 e. The van der Waals surface area contributed by atoms with Crippen LogP contribution in [0.5, 0.6) is 0 Å². The van der Waals surface area contributed by atoms with Gasteiger partial charge in [0, 0.05) is 12.1 Å². The largest absolute Gasteiger partial charge is 0.416 e. The summed E-state index contributed by atoms with van der Waals surface area (Å²) < 4.78 is 77.6. The lowest BCUT2D eigenvalue weighted by Crippen LogP contribution is -2.26. The average molecular weight is 490 g/mol. The number of carbonyl (C=O) groups is 1. The van der Waals surface area contributed by atoms with Gasteiger partial charge in [-0.05, 0) is 59.7 Å². The second kappa shape index (κ2) is 10.3. The quantitative estimate of drug-likeness (QED) is 0.248. The van der Waals surface area contributed by atoms with Gasteiger partial charge in [0.25, 0.3) is 0 Å². The molecule has 0 radical (unpaired) electrons. The molecule has 0 atom stereocenters. The molecular formula is C24H16F6N4O. The van der Waals surface area contributed by atoms with E-state index in [2.05, 4.69) is 15.8 Å². The molecule has 0 fully saturated rings. The molecule has 0 saturated heterocycles. The van der Waals surface area contributed by atoms with Crippen molar-refractivity contribution in [2.75, 3.05) is 5.32 Å². The number of amides is 2. The third-order valence-corrected chi connectivity index (χ3v) is 4.74. The van der Waals surface area contributed by atoms with Crippen LogP contribution >= 0.6 is 0 Å². The van der Waals surface area contributed by atoms with E-state index in [1.54, 1.807) is 12.1 Å². The first-order valence-electron chi connectivity index (χ1n) is 9.93. The molecule has 0 aliphatic rings. The van der Waals surface area contributed by atoms with Gasteiger partial charge in [-0.3, -0.25) is 0 Å². The van der Waals surface area contributed by atoms with E-state index in [1.807, 2.05) is 6.07 Å². The number of nitrogens with zero attached hydrogens (tertiary/aromatic N) is 2. The molecule has 0 bridgehead atoms. The molecule has 35 heavy (non-hydrogen) atoms. The Kier molecular flexibility index (Phi) is 7.44. The monoisotopic (exact) mass is 490 g/mol. The zero-order valence-electron chi connectivity index (χ0n) is 17.7. The summed E-state index contributed by atoms with van der Waals surface area (Å²) in [4.78, 5) is 12.2. The van der Waals surface area contributed by atoms with E-state index in [0.717, 1.165) is 36.4 Å². The predicted octanol–water partition coefficient (Wildman–Crippen LogP) is 6.36. The minimum atomic E-state index is -4.59. The van der Waals surface area contributed by atoms with E-state index in [-0.39, 0.29) is 23.4 Å². The van der Waals surface area contributed by atoms with E-state index >= 15 is 0 Å². The summed E-state index contributed by atoms with van der Waals surface area (Å²) in [5, 5.41) is 15.2. The van der Waals surface area contributed by atoms with Crippen molar-refractivity contribution in [2.24, 2.45) is 5.10 Å². The van der Waals surface area contributed by atoms with E-state index in [0.29, 0.717) is 11.1 Å². The van der Waals surface area contributed by atoms with E-state index < -0.39 is 29.5 Å². The lowest BCUT2D eigenvalue weighted by Gasteiger charge is -2.12. The maximum Gasteiger partial charge on any atom is 0.416 e. The van der Waals surface area contributed by atoms with Crippen LogP contribution in [0.1, 0.15) is 27.8 Å². The zero-order chi connectivity index (χ0) is 25.6. The molecule has 0 heterocycles. The van der Waals surface area contributed by atoms with E-state index in [9.17, 15) is 31.1 Å². The molecular weight excluding hydrogens is 474 g/mol. The standard InChI is InChI=1S/C24H16F6N4O/c25-23(26,27)18-8-10-20(11-9-18)32-22(35)34-33-21(12-15-4-6-16(14-31)7-5-15)17-2-1-3-19(13-17)24(28,29)30/h1-11,13H,12H2,(H2,32,34,35)/b33-21+. The average Bonchev–Trinajstić information content (AvgIpc) is 2.81. The Hall–Kier alpha value is -4.33. The lowest BCUT2D eigenvalue weighted by atomic mass is 9.99. The third kappa shape index (κ3) is 7.07. The molecule has 3 aromatic carbocycles. The van der Waals surface area contributed by atoms with Gasteiger partial charge in [0.2, 0.25) is 0 Å². The maximum absolute atomic E-state index is 13.2. The van der Waals surface area contributed by atoms with Crippen molar-refractivity contribution in [1.82, 2.24) is 5.43 Å². The first kappa shape index (κ1) is 25.3. The number of hydrogen-bond acceptors (Lipinski definition) is 3. The number of carbonyl (C=O) groups excluding carboxylic acids is 1. The number of hydrogen-bond donors (Lipinski definition) is 2. The van der Waals surface area contributed by atoms with Crippen molar-refractivity contribution < 1.29 is 31.1 Å². The Morgan fingerprint density at radius 3 is 2.06 bits per heavy atom. The number of alkyl halides is 6. The molecule has 3 rings (SSSR count). The highest BCUT2D eigenvalue weighted by molar-refractivity contribution is 6.03.